The molecule has 106 valence electrons. The summed E-state index contributed by atoms with van der Waals surface area (Å²) in [7, 11) is 0. The van der Waals surface area contributed by atoms with E-state index >= 15 is 0 Å². The summed E-state index contributed by atoms with van der Waals surface area (Å²) in [5, 5.41) is -0.0607. The standard InChI is InChI=1S/C10H8BrF4NO3/c1-2-18-9(17)7-5(4-11)3-6(12)16-8(7)19-10(13,14)15/h3H,2,4H2,1H3. The summed E-state index contributed by atoms with van der Waals surface area (Å²) < 4.78 is 57.8. The monoisotopic (exact) mass is 345 g/mol. The van der Waals surface area contributed by atoms with Crippen LogP contribution in [-0.4, -0.2) is 23.9 Å². The van der Waals surface area contributed by atoms with Crippen molar-refractivity contribution in [2.45, 2.75) is 18.6 Å². The molecule has 1 rings (SSSR count). The molecule has 0 aliphatic heterocycles. The molecule has 0 radical (unpaired) electrons. The van der Waals surface area contributed by atoms with Gasteiger partial charge in [-0.25, -0.2) is 4.79 Å². The van der Waals surface area contributed by atoms with Gasteiger partial charge < -0.3 is 9.47 Å². The lowest BCUT2D eigenvalue weighted by Gasteiger charge is -2.14. The molecule has 0 aliphatic carbocycles. The Hall–Kier alpha value is -1.38. The van der Waals surface area contributed by atoms with Crippen molar-refractivity contribution in [2.75, 3.05) is 6.61 Å². The van der Waals surface area contributed by atoms with Gasteiger partial charge in [0.2, 0.25) is 11.8 Å². The predicted molar refractivity (Wildman–Crippen MR) is 59.5 cm³/mol. The molecule has 0 aromatic carbocycles. The molecule has 0 spiro atoms. The van der Waals surface area contributed by atoms with E-state index in [-0.39, 0.29) is 17.5 Å². The molecule has 0 N–H and O–H groups in total. The molecular formula is C10H8BrF4NO3. The van der Waals surface area contributed by atoms with Gasteiger partial charge in [-0.1, -0.05) is 15.9 Å². The molecule has 9 heteroatoms. The number of hydrogen-bond acceptors (Lipinski definition) is 4. The number of ether oxygens (including phenoxy) is 2. The Bertz CT molecular complexity index is 479. The summed E-state index contributed by atoms with van der Waals surface area (Å²) in [6.45, 7) is 1.43. The number of alkyl halides is 4. The SMILES string of the molecule is CCOC(=O)c1c(CBr)cc(F)nc1OC(F)(F)F. The quantitative estimate of drug-likeness (QED) is 0.364. The molecule has 1 aromatic heterocycles. The van der Waals surface area contributed by atoms with Crippen LogP contribution in [0.3, 0.4) is 0 Å². The maximum absolute atomic E-state index is 13.1. The number of halogens is 5. The third-order valence-corrected chi connectivity index (χ3v) is 2.48. The topological polar surface area (TPSA) is 48.4 Å². The lowest BCUT2D eigenvalue weighted by Crippen LogP contribution is -2.22. The van der Waals surface area contributed by atoms with Gasteiger partial charge in [0.15, 0.2) is 0 Å². The van der Waals surface area contributed by atoms with Crippen LogP contribution in [0.4, 0.5) is 17.6 Å². The first-order valence-electron chi connectivity index (χ1n) is 4.96. The second kappa shape index (κ2) is 6.18. The zero-order chi connectivity index (χ0) is 14.6. The highest BCUT2D eigenvalue weighted by Gasteiger charge is 2.35. The van der Waals surface area contributed by atoms with E-state index in [1.54, 1.807) is 0 Å². The first-order chi connectivity index (χ1) is 8.78. The average Bonchev–Trinajstić information content (AvgIpc) is 2.25. The van der Waals surface area contributed by atoms with E-state index in [1.165, 1.54) is 6.92 Å². The number of carbonyl (C=O) groups excluding carboxylic acids is 1. The number of rotatable bonds is 4. The Balaban J connectivity index is 3.33. The first-order valence-corrected chi connectivity index (χ1v) is 6.09. The van der Waals surface area contributed by atoms with Crippen molar-refractivity contribution in [3.8, 4) is 5.88 Å². The van der Waals surface area contributed by atoms with E-state index in [2.05, 4.69) is 30.4 Å². The molecule has 1 heterocycles. The fourth-order valence-corrected chi connectivity index (χ4v) is 1.69. The molecule has 0 saturated heterocycles. The Morgan fingerprint density at radius 2 is 2.11 bits per heavy atom. The number of pyridine rings is 1. The van der Waals surface area contributed by atoms with Crippen LogP contribution in [0.1, 0.15) is 22.8 Å². The largest absolute Gasteiger partial charge is 0.574 e. The van der Waals surface area contributed by atoms with Gasteiger partial charge >= 0.3 is 12.3 Å². The van der Waals surface area contributed by atoms with Crippen LogP contribution in [-0.2, 0) is 10.1 Å². The lowest BCUT2D eigenvalue weighted by atomic mass is 10.1. The maximum atomic E-state index is 13.1. The minimum absolute atomic E-state index is 0.0507. The smallest absolute Gasteiger partial charge is 0.462 e. The van der Waals surface area contributed by atoms with Gasteiger partial charge in [-0.3, -0.25) is 0 Å². The Morgan fingerprint density at radius 1 is 1.47 bits per heavy atom. The first kappa shape index (κ1) is 15.7. The summed E-state index contributed by atoms with van der Waals surface area (Å²) in [5.74, 6) is -3.43. The number of aromatic nitrogens is 1. The number of nitrogens with zero attached hydrogens (tertiary/aromatic N) is 1. The van der Waals surface area contributed by atoms with Crippen LogP contribution in [0.5, 0.6) is 5.88 Å². The van der Waals surface area contributed by atoms with Crippen molar-refractivity contribution in [3.63, 3.8) is 0 Å². The van der Waals surface area contributed by atoms with Crippen LogP contribution in [0.15, 0.2) is 6.07 Å². The molecule has 0 saturated carbocycles. The molecule has 0 amide bonds. The van der Waals surface area contributed by atoms with E-state index in [9.17, 15) is 22.4 Å². The van der Waals surface area contributed by atoms with E-state index in [1.807, 2.05) is 0 Å². The number of hydrogen-bond donors (Lipinski definition) is 0. The summed E-state index contributed by atoms with van der Waals surface area (Å²) in [5.41, 5.74) is -0.609. The van der Waals surface area contributed by atoms with Crippen LogP contribution < -0.4 is 4.74 Å². The van der Waals surface area contributed by atoms with Gasteiger partial charge in [0, 0.05) is 5.33 Å². The van der Waals surface area contributed by atoms with Gasteiger partial charge in [0.25, 0.3) is 0 Å². The Labute approximate surface area is 113 Å². The van der Waals surface area contributed by atoms with Crippen molar-refractivity contribution >= 4 is 21.9 Å². The Morgan fingerprint density at radius 3 is 2.58 bits per heavy atom. The normalized spacial score (nSPS) is 11.3. The highest BCUT2D eigenvalue weighted by atomic mass is 79.9. The molecule has 0 fully saturated rings. The average molecular weight is 346 g/mol. The van der Waals surface area contributed by atoms with E-state index in [0.29, 0.717) is 0 Å². The van der Waals surface area contributed by atoms with Gasteiger partial charge in [-0.15, -0.1) is 13.2 Å². The molecule has 0 aliphatic rings. The number of carbonyl (C=O) groups is 1. The predicted octanol–water partition coefficient (Wildman–Crippen LogP) is 3.19. The molecule has 0 atom stereocenters. The number of esters is 1. The maximum Gasteiger partial charge on any atom is 0.574 e. The molecular weight excluding hydrogens is 338 g/mol. The van der Waals surface area contributed by atoms with E-state index < -0.39 is 29.7 Å². The molecule has 1 aromatic rings. The van der Waals surface area contributed by atoms with Crippen molar-refractivity contribution in [1.82, 2.24) is 4.98 Å². The fraction of sp³-hybridized carbons (Fsp3) is 0.400. The van der Waals surface area contributed by atoms with E-state index in [0.717, 1.165) is 6.07 Å². The van der Waals surface area contributed by atoms with Gasteiger partial charge in [-0.2, -0.15) is 9.37 Å². The summed E-state index contributed by atoms with van der Waals surface area (Å²) in [6, 6.07) is 0.824. The van der Waals surface area contributed by atoms with Crippen molar-refractivity contribution in [1.29, 1.82) is 0 Å². The molecule has 0 unspecified atom stereocenters. The summed E-state index contributed by atoms with van der Waals surface area (Å²) in [6.07, 6.45) is -5.09. The minimum Gasteiger partial charge on any atom is -0.462 e. The van der Waals surface area contributed by atoms with Crippen LogP contribution in [0.2, 0.25) is 0 Å². The van der Waals surface area contributed by atoms with Crippen molar-refractivity contribution < 1.29 is 31.8 Å². The van der Waals surface area contributed by atoms with E-state index in [4.69, 9.17) is 0 Å². The third-order valence-electron chi connectivity index (χ3n) is 1.87. The van der Waals surface area contributed by atoms with Gasteiger partial charge in [0.05, 0.1) is 6.61 Å². The Kier molecular flexibility index (Phi) is 5.10. The van der Waals surface area contributed by atoms with Crippen LogP contribution in [0.25, 0.3) is 0 Å². The van der Waals surface area contributed by atoms with Crippen molar-refractivity contribution in [3.05, 3.63) is 23.1 Å². The second-order valence-corrected chi connectivity index (χ2v) is 3.75. The van der Waals surface area contributed by atoms with Gasteiger partial charge in [-0.05, 0) is 18.6 Å². The fourth-order valence-electron chi connectivity index (χ4n) is 1.25. The minimum atomic E-state index is -5.09. The third kappa shape index (κ3) is 4.34. The summed E-state index contributed by atoms with van der Waals surface area (Å²) in [4.78, 5) is 14.5. The molecule has 4 nitrogen and oxygen atoms in total. The second-order valence-electron chi connectivity index (χ2n) is 3.19. The molecule has 19 heavy (non-hydrogen) atoms. The highest BCUT2D eigenvalue weighted by Crippen LogP contribution is 2.29. The van der Waals surface area contributed by atoms with Gasteiger partial charge in [0.1, 0.15) is 5.56 Å². The zero-order valence-electron chi connectivity index (χ0n) is 9.55. The van der Waals surface area contributed by atoms with Crippen molar-refractivity contribution in [2.24, 2.45) is 0 Å². The van der Waals surface area contributed by atoms with Crippen LogP contribution in [0, 0.1) is 5.95 Å². The zero-order valence-corrected chi connectivity index (χ0v) is 11.1. The highest BCUT2D eigenvalue weighted by molar-refractivity contribution is 9.08. The molecule has 0 bridgehead atoms. The summed E-state index contributed by atoms with van der Waals surface area (Å²) >= 11 is 2.94. The lowest BCUT2D eigenvalue weighted by molar-refractivity contribution is -0.276. The van der Waals surface area contributed by atoms with Crippen LogP contribution >= 0.6 is 15.9 Å².